The van der Waals surface area contributed by atoms with Crippen molar-refractivity contribution in [3.63, 3.8) is 0 Å². The molecule has 0 aliphatic carbocycles. The summed E-state index contributed by atoms with van der Waals surface area (Å²) >= 11 is 1.49. The van der Waals surface area contributed by atoms with Crippen LogP contribution in [0.4, 0.5) is 0 Å². The van der Waals surface area contributed by atoms with Crippen molar-refractivity contribution in [2.24, 2.45) is 5.92 Å². The van der Waals surface area contributed by atoms with Crippen LogP contribution in [0.15, 0.2) is 6.07 Å². The average molecular weight is 283 g/mol. The highest BCUT2D eigenvalue weighted by Crippen LogP contribution is 2.30. The summed E-state index contributed by atoms with van der Waals surface area (Å²) in [5.74, 6) is 1.18. The highest BCUT2D eigenvalue weighted by Gasteiger charge is 2.23. The van der Waals surface area contributed by atoms with Gasteiger partial charge in [-0.05, 0) is 31.7 Å². The molecule has 2 heterocycles. The van der Waals surface area contributed by atoms with Crippen molar-refractivity contribution in [2.45, 2.75) is 19.8 Å². The molecule has 0 bridgehead atoms. The molecule has 0 aromatic carbocycles. The van der Waals surface area contributed by atoms with Crippen LogP contribution < -0.4 is 4.74 Å². The summed E-state index contributed by atoms with van der Waals surface area (Å²) in [4.78, 5) is 16.0. The molecule has 1 amide bonds. The van der Waals surface area contributed by atoms with Crippen LogP contribution in [0.2, 0.25) is 0 Å². The minimum Gasteiger partial charge on any atom is -0.495 e. The fourth-order valence-electron chi connectivity index (χ4n) is 2.39. The molecule has 1 fully saturated rings. The van der Waals surface area contributed by atoms with Crippen molar-refractivity contribution in [3.05, 3.63) is 15.8 Å². The standard InChI is InChI=1S/C14H21NO3S/c1-10-7-12(17-3)13(19-10)14(16)15(2)8-11-5-4-6-18-9-11/h7,11H,4-6,8-9H2,1-3H3/t11-/m1/s1. The minimum absolute atomic E-state index is 0.0422. The van der Waals surface area contributed by atoms with Crippen LogP contribution in [0.1, 0.15) is 27.4 Å². The molecule has 0 saturated carbocycles. The fourth-order valence-corrected chi connectivity index (χ4v) is 3.36. The van der Waals surface area contributed by atoms with Crippen molar-refractivity contribution in [3.8, 4) is 5.75 Å². The smallest absolute Gasteiger partial charge is 0.267 e. The summed E-state index contributed by atoms with van der Waals surface area (Å²) < 4.78 is 10.7. The Kier molecular flexibility index (Phi) is 4.82. The molecular formula is C14H21NO3S. The molecule has 1 aromatic rings. The van der Waals surface area contributed by atoms with E-state index in [1.807, 2.05) is 20.0 Å². The summed E-state index contributed by atoms with van der Waals surface area (Å²) in [7, 11) is 3.46. The third kappa shape index (κ3) is 3.48. The van der Waals surface area contributed by atoms with Crippen LogP contribution in [0.5, 0.6) is 5.75 Å². The van der Waals surface area contributed by atoms with Crippen LogP contribution >= 0.6 is 11.3 Å². The number of methoxy groups -OCH3 is 1. The van der Waals surface area contributed by atoms with Gasteiger partial charge in [0.05, 0.1) is 13.7 Å². The van der Waals surface area contributed by atoms with Gasteiger partial charge in [0.25, 0.3) is 5.91 Å². The Morgan fingerprint density at radius 2 is 2.42 bits per heavy atom. The van der Waals surface area contributed by atoms with Gasteiger partial charge in [-0.25, -0.2) is 0 Å². The van der Waals surface area contributed by atoms with Gasteiger partial charge in [-0.3, -0.25) is 4.79 Å². The molecule has 2 rings (SSSR count). The number of carbonyl (C=O) groups excluding carboxylic acids is 1. The first-order valence-corrected chi connectivity index (χ1v) is 7.41. The number of thiophene rings is 1. The van der Waals surface area contributed by atoms with Crippen LogP contribution in [0, 0.1) is 12.8 Å². The van der Waals surface area contributed by atoms with E-state index in [1.165, 1.54) is 11.3 Å². The summed E-state index contributed by atoms with van der Waals surface area (Å²) in [6.45, 7) is 4.35. The van der Waals surface area contributed by atoms with Crippen molar-refractivity contribution in [1.82, 2.24) is 4.90 Å². The second kappa shape index (κ2) is 6.39. The molecule has 4 nitrogen and oxygen atoms in total. The second-order valence-corrected chi connectivity index (χ2v) is 6.28. The first-order valence-electron chi connectivity index (χ1n) is 6.59. The molecule has 106 valence electrons. The van der Waals surface area contributed by atoms with Gasteiger partial charge < -0.3 is 14.4 Å². The molecule has 19 heavy (non-hydrogen) atoms. The summed E-state index contributed by atoms with van der Waals surface area (Å²) in [6, 6.07) is 1.91. The highest BCUT2D eigenvalue weighted by molar-refractivity contribution is 7.14. The Balaban J connectivity index is 2.01. The zero-order chi connectivity index (χ0) is 13.8. The molecule has 0 spiro atoms. The van der Waals surface area contributed by atoms with E-state index in [-0.39, 0.29) is 5.91 Å². The molecule has 0 unspecified atom stereocenters. The lowest BCUT2D eigenvalue weighted by molar-refractivity contribution is 0.0389. The Morgan fingerprint density at radius 1 is 1.63 bits per heavy atom. The SMILES string of the molecule is COc1cc(C)sc1C(=O)N(C)C[C@H]1CCCOC1. The lowest BCUT2D eigenvalue weighted by atomic mass is 10.0. The number of amides is 1. The molecular weight excluding hydrogens is 262 g/mol. The fraction of sp³-hybridized carbons (Fsp3) is 0.643. The molecule has 0 radical (unpaired) electrons. The zero-order valence-electron chi connectivity index (χ0n) is 11.8. The average Bonchev–Trinajstić information content (AvgIpc) is 2.80. The van der Waals surface area contributed by atoms with E-state index < -0.39 is 0 Å². The lowest BCUT2D eigenvalue weighted by Crippen LogP contribution is -2.34. The van der Waals surface area contributed by atoms with E-state index in [2.05, 4.69) is 0 Å². The molecule has 1 aliphatic rings. The molecule has 0 N–H and O–H groups in total. The van der Waals surface area contributed by atoms with E-state index in [4.69, 9.17) is 9.47 Å². The van der Waals surface area contributed by atoms with Gasteiger partial charge in [-0.1, -0.05) is 0 Å². The van der Waals surface area contributed by atoms with Gasteiger partial charge in [0.1, 0.15) is 10.6 Å². The Bertz CT molecular complexity index is 438. The molecule has 1 aromatic heterocycles. The Hall–Kier alpha value is -1.07. The largest absolute Gasteiger partial charge is 0.495 e. The first-order chi connectivity index (χ1) is 9.11. The number of hydrogen-bond acceptors (Lipinski definition) is 4. The van der Waals surface area contributed by atoms with E-state index in [1.54, 1.807) is 12.0 Å². The maximum absolute atomic E-state index is 12.4. The Morgan fingerprint density at radius 3 is 3.05 bits per heavy atom. The van der Waals surface area contributed by atoms with Gasteiger partial charge in [0.15, 0.2) is 0 Å². The molecule has 1 aliphatic heterocycles. The molecule has 5 heteroatoms. The number of nitrogens with zero attached hydrogens (tertiary/aromatic N) is 1. The summed E-state index contributed by atoms with van der Waals surface area (Å²) in [5, 5.41) is 0. The number of aryl methyl sites for hydroxylation is 1. The third-order valence-electron chi connectivity index (χ3n) is 3.37. The maximum atomic E-state index is 12.4. The van der Waals surface area contributed by atoms with Gasteiger partial charge in [0, 0.05) is 25.1 Å². The van der Waals surface area contributed by atoms with Crippen molar-refractivity contribution in [1.29, 1.82) is 0 Å². The third-order valence-corrected chi connectivity index (χ3v) is 4.39. The van der Waals surface area contributed by atoms with Crippen molar-refractivity contribution < 1.29 is 14.3 Å². The van der Waals surface area contributed by atoms with Gasteiger partial charge in [-0.2, -0.15) is 0 Å². The predicted octanol–water partition coefficient (Wildman–Crippen LogP) is 2.56. The van der Waals surface area contributed by atoms with Crippen LogP contribution in [0.3, 0.4) is 0 Å². The maximum Gasteiger partial charge on any atom is 0.267 e. The van der Waals surface area contributed by atoms with Crippen molar-refractivity contribution >= 4 is 17.2 Å². The van der Waals surface area contributed by atoms with E-state index >= 15 is 0 Å². The lowest BCUT2D eigenvalue weighted by Gasteiger charge is -2.27. The van der Waals surface area contributed by atoms with Gasteiger partial charge >= 0.3 is 0 Å². The second-order valence-electron chi connectivity index (χ2n) is 5.02. The van der Waals surface area contributed by atoms with Crippen LogP contribution in [-0.4, -0.2) is 44.7 Å². The van der Waals surface area contributed by atoms with Crippen molar-refractivity contribution in [2.75, 3.05) is 33.9 Å². The van der Waals surface area contributed by atoms with E-state index in [0.29, 0.717) is 16.5 Å². The monoisotopic (exact) mass is 283 g/mol. The van der Waals surface area contributed by atoms with Gasteiger partial charge in [0.2, 0.25) is 0 Å². The summed E-state index contributed by atoms with van der Waals surface area (Å²) in [5.41, 5.74) is 0. The van der Waals surface area contributed by atoms with Crippen LogP contribution in [-0.2, 0) is 4.74 Å². The first kappa shape index (κ1) is 14.3. The summed E-state index contributed by atoms with van der Waals surface area (Å²) in [6.07, 6.45) is 2.23. The van der Waals surface area contributed by atoms with Gasteiger partial charge in [-0.15, -0.1) is 11.3 Å². The highest BCUT2D eigenvalue weighted by atomic mass is 32.1. The topological polar surface area (TPSA) is 38.8 Å². The number of ether oxygens (including phenoxy) is 2. The zero-order valence-corrected chi connectivity index (χ0v) is 12.6. The normalized spacial score (nSPS) is 19.2. The minimum atomic E-state index is 0.0422. The quantitative estimate of drug-likeness (QED) is 0.852. The number of rotatable bonds is 4. The molecule has 1 atom stereocenters. The van der Waals surface area contributed by atoms with E-state index in [9.17, 15) is 4.79 Å². The Labute approximate surface area is 118 Å². The van der Waals surface area contributed by atoms with Crippen LogP contribution in [0.25, 0.3) is 0 Å². The number of carbonyl (C=O) groups is 1. The predicted molar refractivity (Wildman–Crippen MR) is 76.1 cm³/mol. The number of hydrogen-bond donors (Lipinski definition) is 0. The van der Waals surface area contributed by atoms with E-state index in [0.717, 1.165) is 37.5 Å². The molecule has 1 saturated heterocycles.